The Morgan fingerprint density at radius 2 is 1.87 bits per heavy atom. The number of unbranched alkanes of at least 4 members (excludes halogenated alkanes) is 1. The number of hydrogen-bond donors (Lipinski definition) is 2. The molecule has 1 fully saturated rings. The second-order valence-electron chi connectivity index (χ2n) is 7.47. The Morgan fingerprint density at radius 3 is 2.50 bits per heavy atom. The van der Waals surface area contributed by atoms with Crippen LogP contribution >= 0.6 is 24.0 Å². The first kappa shape index (κ1) is 26.9. The van der Waals surface area contributed by atoms with Gasteiger partial charge in [-0.05, 0) is 44.5 Å². The molecule has 1 aliphatic heterocycles. The Labute approximate surface area is 198 Å². The molecule has 0 spiro atoms. The fraction of sp³-hybridized carbons (Fsp3) is 0.682. The summed E-state index contributed by atoms with van der Waals surface area (Å²) in [6, 6.07) is 6.27. The molecule has 1 unspecified atom stereocenters. The average molecular weight is 535 g/mol. The Bertz CT molecular complexity index is 611. The number of piperazine rings is 1. The minimum absolute atomic E-state index is 0. The Hall–Kier alpha value is -1.13. The minimum atomic E-state index is -0.282. The second-order valence-corrected chi connectivity index (χ2v) is 7.47. The van der Waals surface area contributed by atoms with Crippen molar-refractivity contribution in [2.45, 2.75) is 39.2 Å². The Kier molecular flexibility index (Phi) is 14.0. The van der Waals surface area contributed by atoms with Crippen LogP contribution in [-0.4, -0.2) is 81.3 Å². The van der Waals surface area contributed by atoms with Crippen molar-refractivity contribution >= 4 is 29.9 Å². The van der Waals surface area contributed by atoms with Crippen LogP contribution in [0.1, 0.15) is 33.1 Å². The molecule has 0 amide bonds. The topological polar surface area (TPSA) is 52.1 Å². The number of benzene rings is 1. The van der Waals surface area contributed by atoms with Gasteiger partial charge in [-0.15, -0.1) is 24.0 Å². The quantitative estimate of drug-likeness (QED) is 0.197. The van der Waals surface area contributed by atoms with Gasteiger partial charge >= 0.3 is 0 Å². The van der Waals surface area contributed by atoms with Crippen LogP contribution in [0.25, 0.3) is 0 Å². The van der Waals surface area contributed by atoms with Gasteiger partial charge < -0.3 is 25.2 Å². The maximum absolute atomic E-state index is 13.3. The second kappa shape index (κ2) is 15.6. The zero-order valence-corrected chi connectivity index (χ0v) is 21.0. The van der Waals surface area contributed by atoms with Crippen LogP contribution in [0.15, 0.2) is 29.3 Å². The highest BCUT2D eigenvalue weighted by molar-refractivity contribution is 14.0. The lowest BCUT2D eigenvalue weighted by molar-refractivity contribution is 0.136. The van der Waals surface area contributed by atoms with Crippen molar-refractivity contribution in [3.05, 3.63) is 30.1 Å². The largest absolute Gasteiger partial charge is 0.489 e. The first-order valence-corrected chi connectivity index (χ1v) is 11.0. The molecule has 8 heteroatoms. The number of hydrogen-bond acceptors (Lipinski definition) is 4. The maximum Gasteiger partial charge on any atom is 0.191 e. The van der Waals surface area contributed by atoms with E-state index >= 15 is 0 Å². The molecule has 0 aliphatic carbocycles. The molecule has 0 saturated carbocycles. The highest BCUT2D eigenvalue weighted by Crippen LogP contribution is 2.14. The monoisotopic (exact) mass is 535 g/mol. The molecule has 2 rings (SSSR count). The smallest absolute Gasteiger partial charge is 0.191 e. The molecule has 0 radical (unpaired) electrons. The van der Waals surface area contributed by atoms with Gasteiger partial charge in [-0.25, -0.2) is 4.39 Å². The van der Waals surface area contributed by atoms with E-state index in [-0.39, 0.29) is 35.9 Å². The number of aliphatic imine (C=N–C) groups is 1. The fourth-order valence-electron chi connectivity index (χ4n) is 3.43. The van der Waals surface area contributed by atoms with Crippen LogP contribution in [-0.2, 0) is 0 Å². The lowest BCUT2D eigenvalue weighted by Gasteiger charge is -2.34. The van der Waals surface area contributed by atoms with E-state index in [0.717, 1.165) is 31.9 Å². The number of guanidine groups is 1. The van der Waals surface area contributed by atoms with E-state index in [1.165, 1.54) is 51.3 Å². The Morgan fingerprint density at radius 1 is 1.13 bits per heavy atom. The summed E-state index contributed by atoms with van der Waals surface area (Å²) < 4.78 is 19.2. The van der Waals surface area contributed by atoms with Crippen molar-refractivity contribution in [1.82, 2.24) is 20.4 Å². The van der Waals surface area contributed by atoms with Crippen LogP contribution in [0.2, 0.25) is 0 Å². The van der Waals surface area contributed by atoms with Gasteiger partial charge in [0.1, 0.15) is 17.7 Å². The molecular weight excluding hydrogens is 496 g/mol. The fourth-order valence-corrected chi connectivity index (χ4v) is 3.43. The molecule has 1 aromatic rings. The van der Waals surface area contributed by atoms with Gasteiger partial charge in [-0.1, -0.05) is 19.9 Å². The molecule has 6 nitrogen and oxygen atoms in total. The number of likely N-dealkylation sites (N-methyl/N-ethyl adjacent to an activating group) is 1. The van der Waals surface area contributed by atoms with Gasteiger partial charge in [0, 0.05) is 45.8 Å². The summed E-state index contributed by atoms with van der Waals surface area (Å²) in [6.45, 7) is 12.9. The molecule has 0 aromatic heterocycles. The average Bonchev–Trinajstić information content (AvgIpc) is 2.75. The molecule has 2 N–H and O–H groups in total. The summed E-state index contributed by atoms with van der Waals surface area (Å²) in [5.41, 5.74) is 0. The van der Waals surface area contributed by atoms with Crippen LogP contribution in [0.4, 0.5) is 4.39 Å². The van der Waals surface area contributed by atoms with Crippen molar-refractivity contribution in [2.24, 2.45) is 4.99 Å². The van der Waals surface area contributed by atoms with Crippen molar-refractivity contribution < 1.29 is 9.13 Å². The van der Waals surface area contributed by atoms with Gasteiger partial charge in [0.25, 0.3) is 0 Å². The highest BCUT2D eigenvalue weighted by atomic mass is 127. The van der Waals surface area contributed by atoms with E-state index in [1.807, 2.05) is 0 Å². The molecule has 0 bridgehead atoms. The molecule has 1 saturated heterocycles. The molecule has 1 aromatic carbocycles. The molecule has 1 aliphatic rings. The summed E-state index contributed by atoms with van der Waals surface area (Å²) in [5, 5.41) is 6.68. The van der Waals surface area contributed by atoms with Crippen molar-refractivity contribution in [1.29, 1.82) is 0 Å². The number of halogens is 2. The summed E-state index contributed by atoms with van der Waals surface area (Å²) in [5.74, 6) is 1.05. The van der Waals surface area contributed by atoms with E-state index in [2.05, 4.69) is 39.3 Å². The molecular formula is C22H39FIN5O. The van der Waals surface area contributed by atoms with E-state index < -0.39 is 0 Å². The summed E-state index contributed by atoms with van der Waals surface area (Å²) in [4.78, 5) is 9.36. The third-order valence-corrected chi connectivity index (χ3v) is 5.38. The third kappa shape index (κ3) is 10.3. The molecule has 172 valence electrons. The van der Waals surface area contributed by atoms with Gasteiger partial charge in [-0.2, -0.15) is 0 Å². The van der Waals surface area contributed by atoms with Crippen molar-refractivity contribution in [3.8, 4) is 5.75 Å². The van der Waals surface area contributed by atoms with Gasteiger partial charge in [0.15, 0.2) is 5.96 Å². The summed E-state index contributed by atoms with van der Waals surface area (Å²) in [7, 11) is 1.77. The normalized spacial score (nSPS) is 16.6. The Balaban J connectivity index is 0.00000450. The van der Waals surface area contributed by atoms with E-state index in [1.54, 1.807) is 19.2 Å². The van der Waals surface area contributed by atoms with Crippen LogP contribution < -0.4 is 15.4 Å². The molecule has 1 atom stereocenters. The van der Waals surface area contributed by atoms with Gasteiger partial charge in [0.2, 0.25) is 0 Å². The lowest BCUT2D eigenvalue weighted by atomic mass is 10.2. The van der Waals surface area contributed by atoms with Crippen LogP contribution in [0, 0.1) is 5.82 Å². The summed E-state index contributed by atoms with van der Waals surface area (Å²) in [6.07, 6.45) is 3.09. The van der Waals surface area contributed by atoms with E-state index in [9.17, 15) is 4.39 Å². The van der Waals surface area contributed by atoms with Crippen LogP contribution in [0.5, 0.6) is 5.75 Å². The predicted molar refractivity (Wildman–Crippen MR) is 134 cm³/mol. The van der Waals surface area contributed by atoms with E-state index in [4.69, 9.17) is 4.74 Å². The third-order valence-electron chi connectivity index (χ3n) is 5.38. The maximum atomic E-state index is 13.3. The minimum Gasteiger partial charge on any atom is -0.489 e. The van der Waals surface area contributed by atoms with Gasteiger partial charge in [-0.3, -0.25) is 4.99 Å². The number of ether oxygens (including phenoxy) is 1. The lowest BCUT2D eigenvalue weighted by Crippen LogP contribution is -2.46. The zero-order chi connectivity index (χ0) is 20.9. The van der Waals surface area contributed by atoms with Crippen LogP contribution in [0.3, 0.4) is 0 Å². The highest BCUT2D eigenvalue weighted by Gasteiger charge is 2.14. The van der Waals surface area contributed by atoms with Crippen molar-refractivity contribution in [2.75, 3.05) is 59.4 Å². The summed E-state index contributed by atoms with van der Waals surface area (Å²) >= 11 is 0. The predicted octanol–water partition coefficient (Wildman–Crippen LogP) is 3.18. The number of nitrogens with one attached hydrogen (secondary N) is 2. The van der Waals surface area contributed by atoms with Crippen molar-refractivity contribution in [3.63, 3.8) is 0 Å². The zero-order valence-electron chi connectivity index (χ0n) is 18.7. The first-order valence-electron chi connectivity index (χ1n) is 11.0. The standard InChI is InChI=1S/C22H38FN5O.HI/c1-4-20(29-21-10-8-9-19(23)17-21)18-26-22(24-3)25-11-6-7-12-28-15-13-27(5-2)14-16-28;/h8-10,17,20H,4-7,11-16,18H2,1-3H3,(H2,24,25,26);1H. The first-order chi connectivity index (χ1) is 14.1. The van der Waals surface area contributed by atoms with Gasteiger partial charge in [0.05, 0.1) is 6.54 Å². The SMILES string of the molecule is CCC(CNC(=NC)NCCCCN1CCN(CC)CC1)Oc1cccc(F)c1.I. The van der Waals surface area contributed by atoms with E-state index in [0.29, 0.717) is 12.3 Å². The molecule has 30 heavy (non-hydrogen) atoms. The molecule has 1 heterocycles. The number of nitrogens with zero attached hydrogens (tertiary/aromatic N) is 3. The number of rotatable bonds is 11.